The first-order valence-corrected chi connectivity index (χ1v) is 14.7. The van der Waals surface area contributed by atoms with E-state index in [1.807, 2.05) is 12.1 Å². The van der Waals surface area contributed by atoms with Gasteiger partial charge in [0, 0.05) is 22.7 Å². The second-order valence-corrected chi connectivity index (χ2v) is 11.1. The summed E-state index contributed by atoms with van der Waals surface area (Å²) < 4.78 is 0. The summed E-state index contributed by atoms with van der Waals surface area (Å²) in [5.74, 6) is 0. The zero-order chi connectivity index (χ0) is 27.9. The van der Waals surface area contributed by atoms with Gasteiger partial charge in [-0.25, -0.2) is 0 Å². The van der Waals surface area contributed by atoms with Crippen molar-refractivity contribution in [2.24, 2.45) is 0 Å². The Morgan fingerprint density at radius 2 is 0.976 bits per heavy atom. The molecule has 0 amide bonds. The van der Waals surface area contributed by atoms with Crippen LogP contribution in [0, 0.1) is 0 Å². The molecule has 0 radical (unpaired) electrons. The molecular weight excluding hydrogens is 508 g/mol. The Balaban J connectivity index is 1.20. The lowest BCUT2D eigenvalue weighted by Crippen LogP contribution is -2.16. The van der Waals surface area contributed by atoms with E-state index in [9.17, 15) is 0 Å². The van der Waals surface area contributed by atoms with Crippen LogP contribution in [-0.2, 0) is 6.42 Å². The summed E-state index contributed by atoms with van der Waals surface area (Å²) in [4.78, 5) is 0. The molecule has 2 N–H and O–H groups in total. The molecule has 0 aliphatic heterocycles. The van der Waals surface area contributed by atoms with Crippen LogP contribution in [0.1, 0.15) is 17.5 Å². The van der Waals surface area contributed by atoms with Gasteiger partial charge in [0.25, 0.3) is 0 Å². The van der Waals surface area contributed by atoms with Crippen molar-refractivity contribution in [1.82, 2.24) is 0 Å². The second kappa shape index (κ2) is 10.2. The van der Waals surface area contributed by atoms with Crippen molar-refractivity contribution in [3.05, 3.63) is 162 Å². The molecule has 0 atom stereocenters. The number of benzene rings is 7. The summed E-state index contributed by atoms with van der Waals surface area (Å²) in [6.45, 7) is 0. The highest BCUT2D eigenvalue weighted by molar-refractivity contribution is 6.17. The van der Waals surface area contributed by atoms with E-state index in [0.717, 1.165) is 35.6 Å². The molecule has 42 heavy (non-hydrogen) atoms. The summed E-state index contributed by atoms with van der Waals surface area (Å²) in [6, 6.07) is 52.3. The number of rotatable bonds is 6. The number of nitrogens with one attached hydrogen (secondary N) is 2. The van der Waals surface area contributed by atoms with Gasteiger partial charge in [0.2, 0.25) is 0 Å². The molecule has 0 spiro atoms. The Hall–Kier alpha value is -5.34. The summed E-state index contributed by atoms with van der Waals surface area (Å²) in [7, 11) is 0. The maximum absolute atomic E-state index is 3.51. The van der Waals surface area contributed by atoms with Crippen molar-refractivity contribution in [3.8, 4) is 11.1 Å². The Labute approximate surface area is 246 Å². The van der Waals surface area contributed by atoms with Crippen molar-refractivity contribution in [2.45, 2.75) is 12.8 Å². The molecule has 2 nitrogen and oxygen atoms in total. The molecule has 7 aromatic rings. The minimum Gasteiger partial charge on any atom is -0.356 e. The SMILES string of the molecule is c1ccc(Nc2ccc(C3=c4ccc5ccc(-c6ccc(Nc7ccccc7)cc6)c6ccc(c4c56)CC3)cc2)cc1. The monoisotopic (exact) mass is 538 g/mol. The summed E-state index contributed by atoms with van der Waals surface area (Å²) in [5.41, 5.74) is 11.1. The number of hydrogen-bond donors (Lipinski definition) is 2. The minimum absolute atomic E-state index is 1.05. The average molecular weight is 539 g/mol. The normalized spacial score (nSPS) is 12.5. The fourth-order valence-electron chi connectivity index (χ4n) is 6.49. The Morgan fingerprint density at radius 1 is 0.405 bits per heavy atom. The van der Waals surface area contributed by atoms with Crippen molar-refractivity contribution in [2.75, 3.05) is 10.6 Å². The maximum Gasteiger partial charge on any atom is 0.0384 e. The number of aryl methyl sites for hydroxylation is 1. The molecule has 0 saturated carbocycles. The zero-order valence-corrected chi connectivity index (χ0v) is 23.3. The fraction of sp³-hybridized carbons (Fsp3) is 0.0500. The second-order valence-electron chi connectivity index (χ2n) is 11.1. The van der Waals surface area contributed by atoms with Crippen LogP contribution in [0.4, 0.5) is 22.7 Å². The van der Waals surface area contributed by atoms with Crippen LogP contribution in [-0.4, -0.2) is 0 Å². The van der Waals surface area contributed by atoms with Crippen LogP contribution in [0.2, 0.25) is 0 Å². The molecule has 0 heterocycles. The van der Waals surface area contributed by atoms with Crippen LogP contribution in [0.25, 0.3) is 38.2 Å². The highest BCUT2D eigenvalue weighted by Crippen LogP contribution is 2.38. The van der Waals surface area contributed by atoms with Gasteiger partial charge in [0.05, 0.1) is 0 Å². The number of para-hydroxylation sites is 2. The van der Waals surface area contributed by atoms with Gasteiger partial charge in [-0.1, -0.05) is 97.1 Å². The van der Waals surface area contributed by atoms with Crippen molar-refractivity contribution >= 4 is 49.9 Å². The number of anilines is 4. The van der Waals surface area contributed by atoms with E-state index in [0.29, 0.717) is 0 Å². The van der Waals surface area contributed by atoms with E-state index >= 15 is 0 Å². The van der Waals surface area contributed by atoms with Crippen LogP contribution in [0.3, 0.4) is 0 Å². The Morgan fingerprint density at radius 3 is 1.62 bits per heavy atom. The lowest BCUT2D eigenvalue weighted by Gasteiger charge is -2.21. The molecule has 8 rings (SSSR count). The smallest absolute Gasteiger partial charge is 0.0384 e. The molecular formula is C40H30N2. The van der Waals surface area contributed by atoms with Gasteiger partial charge in [0.15, 0.2) is 0 Å². The third kappa shape index (κ3) is 4.38. The van der Waals surface area contributed by atoms with E-state index in [-0.39, 0.29) is 0 Å². The van der Waals surface area contributed by atoms with Gasteiger partial charge >= 0.3 is 0 Å². The largest absolute Gasteiger partial charge is 0.356 e. The third-order valence-electron chi connectivity index (χ3n) is 8.52. The van der Waals surface area contributed by atoms with Gasteiger partial charge in [-0.05, 0) is 116 Å². The van der Waals surface area contributed by atoms with Crippen molar-refractivity contribution < 1.29 is 0 Å². The highest BCUT2D eigenvalue weighted by atomic mass is 14.9. The summed E-state index contributed by atoms with van der Waals surface area (Å²) in [6.07, 6.45) is 2.11. The van der Waals surface area contributed by atoms with Gasteiger partial charge in [-0.2, -0.15) is 0 Å². The maximum atomic E-state index is 3.51. The fourth-order valence-corrected chi connectivity index (χ4v) is 6.49. The van der Waals surface area contributed by atoms with Gasteiger partial charge in [-0.15, -0.1) is 0 Å². The molecule has 0 saturated heterocycles. The summed E-state index contributed by atoms with van der Waals surface area (Å²) >= 11 is 0. The topological polar surface area (TPSA) is 24.1 Å². The van der Waals surface area contributed by atoms with E-state index in [1.54, 1.807) is 0 Å². The Kier molecular flexibility index (Phi) is 5.97. The van der Waals surface area contributed by atoms with Crippen LogP contribution in [0.15, 0.2) is 146 Å². The molecule has 200 valence electrons. The lowest BCUT2D eigenvalue weighted by atomic mass is 9.83. The molecule has 1 aliphatic rings. The standard InChI is InChI=1S/C40H30N2/c1-3-7-31(8-4-1)41-33-19-11-27(12-20-33)35-23-15-29-18-26-38-36(24-16-30-17-25-37(35)39(29)40(30)38)28-13-21-34(22-14-28)42-32-9-5-2-6-10-32/h1-15,17-23,25-26,41-42H,16,24H2. The molecule has 2 heteroatoms. The number of hydrogen-bond acceptors (Lipinski definition) is 2. The van der Waals surface area contributed by atoms with E-state index in [1.165, 1.54) is 54.6 Å². The van der Waals surface area contributed by atoms with Gasteiger partial charge in [0.1, 0.15) is 0 Å². The molecule has 7 aromatic carbocycles. The van der Waals surface area contributed by atoms with Crippen LogP contribution < -0.4 is 15.9 Å². The molecule has 0 fully saturated rings. The molecule has 0 bridgehead atoms. The Bertz CT molecular complexity index is 2090. The molecule has 0 aromatic heterocycles. The quantitative estimate of drug-likeness (QED) is 0.220. The lowest BCUT2D eigenvalue weighted by molar-refractivity contribution is 1.01. The van der Waals surface area contributed by atoms with E-state index < -0.39 is 0 Å². The highest BCUT2D eigenvalue weighted by Gasteiger charge is 2.18. The van der Waals surface area contributed by atoms with Gasteiger partial charge < -0.3 is 10.6 Å². The van der Waals surface area contributed by atoms with E-state index in [4.69, 9.17) is 0 Å². The predicted molar refractivity (Wildman–Crippen MR) is 179 cm³/mol. The molecule has 0 unspecified atom stereocenters. The third-order valence-corrected chi connectivity index (χ3v) is 8.52. The first-order valence-electron chi connectivity index (χ1n) is 14.7. The average Bonchev–Trinajstić information content (AvgIpc) is 3.05. The zero-order valence-electron chi connectivity index (χ0n) is 23.3. The van der Waals surface area contributed by atoms with Crippen molar-refractivity contribution in [3.63, 3.8) is 0 Å². The van der Waals surface area contributed by atoms with Gasteiger partial charge in [-0.3, -0.25) is 0 Å². The predicted octanol–water partition coefficient (Wildman–Crippen LogP) is 10.0. The van der Waals surface area contributed by atoms with Crippen LogP contribution in [0.5, 0.6) is 0 Å². The van der Waals surface area contributed by atoms with Crippen LogP contribution >= 0.6 is 0 Å². The first-order chi connectivity index (χ1) is 20.8. The molecule has 1 aliphatic carbocycles. The minimum atomic E-state index is 1.05. The van der Waals surface area contributed by atoms with Crippen molar-refractivity contribution in [1.29, 1.82) is 0 Å². The van der Waals surface area contributed by atoms with E-state index in [2.05, 4.69) is 144 Å². The first kappa shape index (κ1) is 24.5. The summed E-state index contributed by atoms with van der Waals surface area (Å²) in [5, 5.41) is 13.8.